The fourth-order valence-corrected chi connectivity index (χ4v) is 3.22. The Balaban J connectivity index is 2.04. The van der Waals surface area contributed by atoms with Gasteiger partial charge in [-0.3, -0.25) is 5.01 Å². The maximum atomic E-state index is 3.55. The van der Waals surface area contributed by atoms with E-state index in [2.05, 4.69) is 36.6 Å². The van der Waals surface area contributed by atoms with Gasteiger partial charge < -0.3 is 5.43 Å². The molecule has 0 aromatic heterocycles. The van der Waals surface area contributed by atoms with Crippen molar-refractivity contribution in [2.75, 3.05) is 14.1 Å². The monoisotopic (exact) mass is 251 g/mol. The van der Waals surface area contributed by atoms with Crippen LogP contribution >= 0.6 is 0 Å². The summed E-state index contributed by atoms with van der Waals surface area (Å²) in [5, 5.41) is 4.42. The molecule has 0 bridgehead atoms. The normalized spacial score (nSPS) is 26.4. The average molecular weight is 251 g/mol. The maximum Gasteiger partial charge on any atom is 0.0514 e. The second-order valence-electron chi connectivity index (χ2n) is 5.90. The molecule has 2 aliphatic rings. The Kier molecular flexibility index (Phi) is 4.93. The van der Waals surface area contributed by atoms with Crippen LogP contribution in [0.15, 0.2) is 11.4 Å². The van der Waals surface area contributed by atoms with E-state index in [9.17, 15) is 0 Å². The Labute approximate surface area is 112 Å². The fraction of sp³-hybridized carbons (Fsp3) is 0.867. The standard InChI is InChI=1S/C15H29N3/c1-4-5-9-13-10-7-6-8-11-15-14(12-13)16-18(3)17(15)2/h13,16H,4-12H2,1-3H3. The van der Waals surface area contributed by atoms with Crippen molar-refractivity contribution in [3.63, 3.8) is 0 Å². The van der Waals surface area contributed by atoms with Crippen molar-refractivity contribution in [3.8, 4) is 0 Å². The summed E-state index contributed by atoms with van der Waals surface area (Å²) in [7, 11) is 4.29. The smallest absolute Gasteiger partial charge is 0.0514 e. The Morgan fingerprint density at radius 3 is 2.83 bits per heavy atom. The molecule has 0 amide bonds. The highest BCUT2D eigenvalue weighted by Gasteiger charge is 2.26. The summed E-state index contributed by atoms with van der Waals surface area (Å²) in [4.78, 5) is 0. The van der Waals surface area contributed by atoms with Crippen LogP contribution in [-0.2, 0) is 0 Å². The highest BCUT2D eigenvalue weighted by atomic mass is 15.8. The Bertz CT molecular complexity index is 298. The minimum absolute atomic E-state index is 0.889. The topological polar surface area (TPSA) is 18.5 Å². The first-order chi connectivity index (χ1) is 8.72. The van der Waals surface area contributed by atoms with E-state index in [4.69, 9.17) is 0 Å². The summed E-state index contributed by atoms with van der Waals surface area (Å²) >= 11 is 0. The van der Waals surface area contributed by atoms with Gasteiger partial charge in [0.25, 0.3) is 0 Å². The van der Waals surface area contributed by atoms with Crippen molar-refractivity contribution < 1.29 is 0 Å². The molecule has 0 fully saturated rings. The predicted octanol–water partition coefficient (Wildman–Crippen LogP) is 3.66. The molecule has 0 aromatic carbocycles. The van der Waals surface area contributed by atoms with E-state index < -0.39 is 0 Å². The molecular formula is C15H29N3. The molecule has 1 heterocycles. The van der Waals surface area contributed by atoms with Gasteiger partial charge in [-0.25, -0.2) is 0 Å². The summed E-state index contributed by atoms with van der Waals surface area (Å²) in [6.45, 7) is 2.30. The molecule has 1 aliphatic carbocycles. The molecule has 3 heteroatoms. The minimum Gasteiger partial charge on any atom is -0.304 e. The Hall–Kier alpha value is -0.700. The first kappa shape index (κ1) is 13.7. The highest BCUT2D eigenvalue weighted by molar-refractivity contribution is 5.15. The van der Waals surface area contributed by atoms with Gasteiger partial charge in [0.2, 0.25) is 0 Å². The molecule has 0 aromatic rings. The zero-order valence-corrected chi connectivity index (χ0v) is 12.3. The maximum absolute atomic E-state index is 3.55. The summed E-state index contributed by atoms with van der Waals surface area (Å²) in [5.41, 5.74) is 6.56. The molecule has 104 valence electrons. The molecule has 1 aliphatic heterocycles. The Morgan fingerprint density at radius 1 is 1.22 bits per heavy atom. The lowest BCUT2D eigenvalue weighted by Gasteiger charge is -2.23. The van der Waals surface area contributed by atoms with Gasteiger partial charge >= 0.3 is 0 Å². The van der Waals surface area contributed by atoms with Gasteiger partial charge in [0.05, 0.1) is 5.70 Å². The van der Waals surface area contributed by atoms with E-state index in [1.807, 2.05) is 0 Å². The molecule has 0 radical (unpaired) electrons. The van der Waals surface area contributed by atoms with Crippen molar-refractivity contribution in [1.29, 1.82) is 0 Å². The molecule has 1 unspecified atom stereocenters. The number of allylic oxidation sites excluding steroid dienone is 2. The molecule has 3 nitrogen and oxygen atoms in total. The van der Waals surface area contributed by atoms with Crippen LogP contribution in [0, 0.1) is 5.92 Å². The first-order valence-electron chi connectivity index (χ1n) is 7.68. The van der Waals surface area contributed by atoms with Gasteiger partial charge in [-0.15, -0.1) is 5.12 Å². The Morgan fingerprint density at radius 2 is 2.06 bits per heavy atom. The molecule has 2 rings (SSSR count). The van der Waals surface area contributed by atoms with Gasteiger partial charge in [-0.05, 0) is 25.2 Å². The largest absolute Gasteiger partial charge is 0.304 e. The number of nitrogens with one attached hydrogen (secondary N) is 1. The van der Waals surface area contributed by atoms with Crippen molar-refractivity contribution >= 4 is 0 Å². The minimum atomic E-state index is 0.889. The zero-order valence-electron chi connectivity index (χ0n) is 12.3. The van der Waals surface area contributed by atoms with Crippen molar-refractivity contribution in [2.45, 2.75) is 64.7 Å². The highest BCUT2D eigenvalue weighted by Crippen LogP contribution is 2.32. The lowest BCUT2D eigenvalue weighted by molar-refractivity contribution is 0.0481. The second kappa shape index (κ2) is 6.46. The average Bonchev–Trinajstić information content (AvgIpc) is 2.66. The molecule has 1 atom stereocenters. The van der Waals surface area contributed by atoms with E-state index in [1.54, 1.807) is 0 Å². The van der Waals surface area contributed by atoms with Crippen LogP contribution in [0.25, 0.3) is 0 Å². The van der Waals surface area contributed by atoms with Crippen molar-refractivity contribution in [1.82, 2.24) is 15.6 Å². The number of rotatable bonds is 3. The van der Waals surface area contributed by atoms with Crippen LogP contribution in [0.2, 0.25) is 0 Å². The summed E-state index contributed by atoms with van der Waals surface area (Å²) in [5.74, 6) is 0.889. The molecule has 18 heavy (non-hydrogen) atoms. The molecule has 0 saturated carbocycles. The molecule has 1 N–H and O–H groups in total. The third kappa shape index (κ3) is 3.19. The van der Waals surface area contributed by atoms with Crippen molar-refractivity contribution in [2.24, 2.45) is 5.92 Å². The molecular weight excluding hydrogens is 222 g/mol. The third-order valence-corrected chi connectivity index (χ3v) is 4.47. The quantitative estimate of drug-likeness (QED) is 0.826. The van der Waals surface area contributed by atoms with Crippen LogP contribution in [0.1, 0.15) is 64.7 Å². The number of hydrogen-bond acceptors (Lipinski definition) is 3. The summed E-state index contributed by atoms with van der Waals surface area (Å²) in [6, 6.07) is 0. The number of hydrogen-bond donors (Lipinski definition) is 1. The van der Waals surface area contributed by atoms with Gasteiger partial charge in [-0.1, -0.05) is 45.4 Å². The van der Waals surface area contributed by atoms with E-state index in [1.165, 1.54) is 69.2 Å². The van der Waals surface area contributed by atoms with Gasteiger partial charge in [-0.2, -0.15) is 0 Å². The van der Waals surface area contributed by atoms with Crippen LogP contribution < -0.4 is 5.43 Å². The van der Waals surface area contributed by atoms with Crippen LogP contribution in [0.3, 0.4) is 0 Å². The predicted molar refractivity (Wildman–Crippen MR) is 76.4 cm³/mol. The molecule has 0 saturated heterocycles. The van der Waals surface area contributed by atoms with Crippen LogP contribution in [0.4, 0.5) is 0 Å². The van der Waals surface area contributed by atoms with Gasteiger partial charge in [0.1, 0.15) is 0 Å². The number of unbranched alkanes of at least 4 members (excludes halogenated alkanes) is 1. The first-order valence-corrected chi connectivity index (χ1v) is 7.68. The lowest BCUT2D eigenvalue weighted by atomic mass is 9.92. The van der Waals surface area contributed by atoms with Crippen molar-refractivity contribution in [3.05, 3.63) is 11.4 Å². The zero-order chi connectivity index (χ0) is 13.0. The van der Waals surface area contributed by atoms with Crippen LogP contribution in [-0.4, -0.2) is 24.2 Å². The third-order valence-electron chi connectivity index (χ3n) is 4.47. The van der Waals surface area contributed by atoms with E-state index >= 15 is 0 Å². The van der Waals surface area contributed by atoms with E-state index in [0.717, 1.165) is 5.92 Å². The van der Waals surface area contributed by atoms with Gasteiger partial charge in [0, 0.05) is 19.8 Å². The number of nitrogens with zero attached hydrogens (tertiary/aromatic N) is 2. The summed E-state index contributed by atoms with van der Waals surface area (Å²) < 4.78 is 0. The summed E-state index contributed by atoms with van der Waals surface area (Å²) in [6.07, 6.45) is 12.2. The van der Waals surface area contributed by atoms with E-state index in [-0.39, 0.29) is 0 Å². The fourth-order valence-electron chi connectivity index (χ4n) is 3.22. The SMILES string of the molecule is CCCCC1CCCCCC2=C(C1)NN(C)N2C. The van der Waals surface area contributed by atoms with Crippen LogP contribution in [0.5, 0.6) is 0 Å². The van der Waals surface area contributed by atoms with E-state index in [0.29, 0.717) is 0 Å². The lowest BCUT2D eigenvalue weighted by Crippen LogP contribution is -2.37. The molecule has 0 spiro atoms. The number of hydrazine groups is 2. The second-order valence-corrected chi connectivity index (χ2v) is 5.90. The van der Waals surface area contributed by atoms with Gasteiger partial charge in [0.15, 0.2) is 0 Å².